The SMILES string of the molecule is Cc1ccc(-n2c3c(cc(CN)c2=O)CCCC3)cc1C. The Morgan fingerprint density at radius 3 is 2.57 bits per heavy atom. The van der Waals surface area contributed by atoms with Crippen LogP contribution < -0.4 is 11.3 Å². The Balaban J connectivity index is 2.29. The van der Waals surface area contributed by atoms with Gasteiger partial charge in [0, 0.05) is 23.5 Å². The molecular formula is C18H22N2O. The largest absolute Gasteiger partial charge is 0.326 e. The first kappa shape index (κ1) is 14.1. The Hall–Kier alpha value is -1.87. The summed E-state index contributed by atoms with van der Waals surface area (Å²) in [4.78, 5) is 12.8. The van der Waals surface area contributed by atoms with Gasteiger partial charge in [0.05, 0.1) is 0 Å². The molecule has 0 radical (unpaired) electrons. The predicted molar refractivity (Wildman–Crippen MR) is 86.0 cm³/mol. The molecule has 1 heterocycles. The topological polar surface area (TPSA) is 48.0 Å². The van der Waals surface area contributed by atoms with Crippen molar-refractivity contribution in [3.63, 3.8) is 0 Å². The van der Waals surface area contributed by atoms with Crippen LogP contribution in [0.2, 0.25) is 0 Å². The van der Waals surface area contributed by atoms with E-state index < -0.39 is 0 Å². The van der Waals surface area contributed by atoms with Gasteiger partial charge in [0.15, 0.2) is 0 Å². The second-order valence-electron chi connectivity index (χ2n) is 5.96. The van der Waals surface area contributed by atoms with Crippen LogP contribution in [0, 0.1) is 13.8 Å². The minimum absolute atomic E-state index is 0.0430. The number of hydrogen-bond donors (Lipinski definition) is 1. The number of hydrogen-bond acceptors (Lipinski definition) is 2. The van der Waals surface area contributed by atoms with Crippen molar-refractivity contribution in [3.8, 4) is 5.69 Å². The molecule has 2 N–H and O–H groups in total. The van der Waals surface area contributed by atoms with E-state index in [9.17, 15) is 4.79 Å². The quantitative estimate of drug-likeness (QED) is 0.920. The molecule has 3 rings (SSSR count). The lowest BCUT2D eigenvalue weighted by molar-refractivity contribution is 0.640. The zero-order valence-corrected chi connectivity index (χ0v) is 12.8. The van der Waals surface area contributed by atoms with E-state index >= 15 is 0 Å². The van der Waals surface area contributed by atoms with E-state index in [0.717, 1.165) is 24.9 Å². The van der Waals surface area contributed by atoms with Gasteiger partial charge >= 0.3 is 0 Å². The van der Waals surface area contributed by atoms with Crippen LogP contribution in [0.25, 0.3) is 5.69 Å². The molecule has 0 saturated heterocycles. The molecular weight excluding hydrogens is 260 g/mol. The average Bonchev–Trinajstić information content (AvgIpc) is 2.49. The first-order valence-corrected chi connectivity index (χ1v) is 7.66. The highest BCUT2D eigenvalue weighted by Gasteiger charge is 2.18. The Morgan fingerprint density at radius 2 is 1.86 bits per heavy atom. The molecule has 0 saturated carbocycles. The number of rotatable bonds is 2. The average molecular weight is 282 g/mol. The van der Waals surface area contributed by atoms with Crippen LogP contribution in [0.4, 0.5) is 0 Å². The number of benzene rings is 1. The summed E-state index contributed by atoms with van der Waals surface area (Å²) in [7, 11) is 0. The van der Waals surface area contributed by atoms with Crippen molar-refractivity contribution >= 4 is 0 Å². The molecule has 0 amide bonds. The summed E-state index contributed by atoms with van der Waals surface area (Å²) < 4.78 is 1.89. The monoisotopic (exact) mass is 282 g/mol. The van der Waals surface area contributed by atoms with Crippen molar-refractivity contribution in [1.82, 2.24) is 4.57 Å². The number of pyridine rings is 1. The van der Waals surface area contributed by atoms with E-state index in [1.807, 2.05) is 16.7 Å². The maximum Gasteiger partial charge on any atom is 0.259 e. The van der Waals surface area contributed by atoms with Gasteiger partial charge in [-0.3, -0.25) is 9.36 Å². The first-order valence-electron chi connectivity index (χ1n) is 7.66. The minimum Gasteiger partial charge on any atom is -0.326 e. The van der Waals surface area contributed by atoms with Gasteiger partial charge in [0.1, 0.15) is 0 Å². The highest BCUT2D eigenvalue weighted by molar-refractivity contribution is 5.44. The van der Waals surface area contributed by atoms with Crippen LogP contribution in [-0.4, -0.2) is 4.57 Å². The van der Waals surface area contributed by atoms with Crippen LogP contribution >= 0.6 is 0 Å². The number of aromatic nitrogens is 1. The summed E-state index contributed by atoms with van der Waals surface area (Å²) in [5.41, 5.74) is 12.4. The summed E-state index contributed by atoms with van der Waals surface area (Å²) in [6, 6.07) is 8.25. The molecule has 0 fully saturated rings. The molecule has 1 aliphatic carbocycles. The fourth-order valence-electron chi connectivity index (χ4n) is 3.15. The van der Waals surface area contributed by atoms with Crippen molar-refractivity contribution in [3.05, 3.63) is 62.6 Å². The molecule has 0 unspecified atom stereocenters. The van der Waals surface area contributed by atoms with Gasteiger partial charge < -0.3 is 5.73 Å². The molecule has 0 atom stereocenters. The fourth-order valence-corrected chi connectivity index (χ4v) is 3.15. The number of aryl methyl sites for hydroxylation is 3. The highest BCUT2D eigenvalue weighted by Crippen LogP contribution is 2.24. The van der Waals surface area contributed by atoms with E-state index in [1.165, 1.54) is 28.8 Å². The second-order valence-corrected chi connectivity index (χ2v) is 5.96. The normalized spacial score (nSPS) is 14.0. The maximum absolute atomic E-state index is 12.8. The Morgan fingerprint density at radius 1 is 1.10 bits per heavy atom. The fraction of sp³-hybridized carbons (Fsp3) is 0.389. The lowest BCUT2D eigenvalue weighted by Crippen LogP contribution is -2.29. The smallest absolute Gasteiger partial charge is 0.259 e. The highest BCUT2D eigenvalue weighted by atomic mass is 16.1. The lowest BCUT2D eigenvalue weighted by Gasteiger charge is -2.22. The molecule has 1 aliphatic rings. The third-order valence-electron chi connectivity index (χ3n) is 4.55. The van der Waals surface area contributed by atoms with Gasteiger partial charge in [0.25, 0.3) is 5.56 Å². The predicted octanol–water partition coefficient (Wildman–Crippen LogP) is 2.79. The van der Waals surface area contributed by atoms with Crippen LogP contribution in [-0.2, 0) is 19.4 Å². The number of nitrogens with zero attached hydrogens (tertiary/aromatic N) is 1. The Kier molecular flexibility index (Phi) is 3.68. The second kappa shape index (κ2) is 5.49. The van der Waals surface area contributed by atoms with Crippen LogP contribution in [0.5, 0.6) is 0 Å². The summed E-state index contributed by atoms with van der Waals surface area (Å²) in [5.74, 6) is 0. The van der Waals surface area contributed by atoms with E-state index in [-0.39, 0.29) is 5.56 Å². The van der Waals surface area contributed by atoms with Crippen molar-refractivity contribution in [2.24, 2.45) is 5.73 Å². The van der Waals surface area contributed by atoms with Gasteiger partial charge in [-0.15, -0.1) is 0 Å². The molecule has 21 heavy (non-hydrogen) atoms. The zero-order chi connectivity index (χ0) is 15.0. The summed E-state index contributed by atoms with van der Waals surface area (Å²) in [6.07, 6.45) is 4.37. The number of fused-ring (bicyclic) bond motifs is 1. The molecule has 3 nitrogen and oxygen atoms in total. The van der Waals surface area contributed by atoms with E-state index in [1.54, 1.807) is 0 Å². The van der Waals surface area contributed by atoms with E-state index in [2.05, 4.69) is 26.0 Å². The van der Waals surface area contributed by atoms with Crippen LogP contribution in [0.3, 0.4) is 0 Å². The van der Waals surface area contributed by atoms with Gasteiger partial charge in [-0.1, -0.05) is 6.07 Å². The molecule has 0 aliphatic heterocycles. The minimum atomic E-state index is 0.0430. The van der Waals surface area contributed by atoms with Crippen molar-refractivity contribution in [2.75, 3.05) is 0 Å². The van der Waals surface area contributed by atoms with Crippen LogP contribution in [0.15, 0.2) is 29.1 Å². The number of nitrogens with two attached hydrogens (primary N) is 1. The molecule has 2 aromatic rings. The third kappa shape index (κ3) is 2.42. The van der Waals surface area contributed by atoms with Crippen molar-refractivity contribution in [1.29, 1.82) is 0 Å². The molecule has 0 bridgehead atoms. The van der Waals surface area contributed by atoms with Gasteiger partial charge in [-0.25, -0.2) is 0 Å². The molecule has 1 aromatic carbocycles. The van der Waals surface area contributed by atoms with Crippen molar-refractivity contribution < 1.29 is 0 Å². The molecule has 3 heteroatoms. The Bertz CT molecular complexity index is 744. The lowest BCUT2D eigenvalue weighted by atomic mass is 9.94. The summed E-state index contributed by atoms with van der Waals surface area (Å²) >= 11 is 0. The summed E-state index contributed by atoms with van der Waals surface area (Å²) in [5, 5.41) is 0. The zero-order valence-electron chi connectivity index (χ0n) is 12.8. The Labute approximate surface area is 125 Å². The first-order chi connectivity index (χ1) is 10.1. The van der Waals surface area contributed by atoms with E-state index in [4.69, 9.17) is 5.73 Å². The van der Waals surface area contributed by atoms with Gasteiger partial charge in [0.2, 0.25) is 0 Å². The van der Waals surface area contributed by atoms with Crippen LogP contribution in [0.1, 0.15) is 40.8 Å². The molecule has 1 aromatic heterocycles. The van der Waals surface area contributed by atoms with Gasteiger partial charge in [-0.2, -0.15) is 0 Å². The molecule has 110 valence electrons. The molecule has 0 spiro atoms. The standard InChI is InChI=1S/C18H22N2O/c1-12-7-8-16(9-13(12)2)20-17-6-4-3-5-14(17)10-15(11-19)18(20)21/h7-10H,3-6,11,19H2,1-2H3. The van der Waals surface area contributed by atoms with E-state index in [0.29, 0.717) is 12.1 Å². The maximum atomic E-state index is 12.8. The summed E-state index contributed by atoms with van der Waals surface area (Å²) in [6.45, 7) is 4.48. The third-order valence-corrected chi connectivity index (χ3v) is 4.55. The van der Waals surface area contributed by atoms with Crippen molar-refractivity contribution in [2.45, 2.75) is 46.1 Å². The van der Waals surface area contributed by atoms with Gasteiger partial charge in [-0.05, 0) is 74.4 Å².